The Morgan fingerprint density at radius 2 is 2.03 bits per heavy atom. The second kappa shape index (κ2) is 8.30. The minimum atomic E-state index is -0.132. The zero-order valence-corrected chi connectivity index (χ0v) is 16.5. The van der Waals surface area contributed by atoms with Gasteiger partial charge in [0.2, 0.25) is 5.95 Å². The molecule has 3 heterocycles. The summed E-state index contributed by atoms with van der Waals surface area (Å²) in [4.78, 5) is 26.1. The van der Waals surface area contributed by atoms with E-state index in [1.54, 1.807) is 10.8 Å². The monoisotopic (exact) mass is 391 g/mol. The lowest BCUT2D eigenvalue weighted by molar-refractivity contribution is 0.766. The Kier molecular flexibility index (Phi) is 5.41. The standard InChI is InChI=1S/C21H25N7O/c1-2-3-9-23-19-17-16(26-21(22)27-19)8-12-28(20(17)29)13-14-4-6-15(7-5-14)18-24-10-11-25-18/h4-8,12H,2-3,9-11,13H2,1H3,(H,24,25)(H3,22,23,26,27). The molecule has 0 saturated heterocycles. The van der Waals surface area contributed by atoms with Crippen molar-refractivity contribution in [3.05, 3.63) is 58.0 Å². The number of nitrogen functional groups attached to an aromatic ring is 1. The molecule has 0 saturated carbocycles. The number of fused-ring (bicyclic) bond motifs is 1. The van der Waals surface area contributed by atoms with Gasteiger partial charge in [0.15, 0.2) is 0 Å². The summed E-state index contributed by atoms with van der Waals surface area (Å²) in [6, 6.07) is 9.91. The van der Waals surface area contributed by atoms with Crippen LogP contribution in [0.3, 0.4) is 0 Å². The molecular formula is C21H25N7O. The molecule has 29 heavy (non-hydrogen) atoms. The molecule has 2 aromatic heterocycles. The number of hydrogen-bond acceptors (Lipinski definition) is 7. The number of aliphatic imine (C=N–C) groups is 1. The molecule has 4 rings (SSSR count). The largest absolute Gasteiger partial charge is 0.369 e. The molecule has 0 fully saturated rings. The normalized spacial score (nSPS) is 13.3. The second-order valence-electron chi connectivity index (χ2n) is 7.07. The van der Waals surface area contributed by atoms with E-state index in [1.165, 1.54) is 0 Å². The minimum absolute atomic E-state index is 0.132. The molecular weight excluding hydrogens is 366 g/mol. The third-order valence-electron chi connectivity index (χ3n) is 4.92. The number of nitrogens with one attached hydrogen (secondary N) is 2. The van der Waals surface area contributed by atoms with Crippen LogP contribution in [0.25, 0.3) is 10.9 Å². The van der Waals surface area contributed by atoms with Gasteiger partial charge < -0.3 is 20.9 Å². The molecule has 0 bridgehead atoms. The second-order valence-corrected chi connectivity index (χ2v) is 7.07. The number of amidine groups is 1. The number of aromatic nitrogens is 3. The van der Waals surface area contributed by atoms with Gasteiger partial charge in [0.25, 0.3) is 5.56 Å². The maximum Gasteiger partial charge on any atom is 0.264 e. The van der Waals surface area contributed by atoms with Crippen LogP contribution in [0.4, 0.5) is 11.8 Å². The van der Waals surface area contributed by atoms with Gasteiger partial charge in [-0.2, -0.15) is 4.98 Å². The summed E-state index contributed by atoms with van der Waals surface area (Å²) in [5, 5.41) is 6.97. The first-order chi connectivity index (χ1) is 14.2. The summed E-state index contributed by atoms with van der Waals surface area (Å²) in [7, 11) is 0. The van der Waals surface area contributed by atoms with Crippen LogP contribution in [0, 0.1) is 0 Å². The van der Waals surface area contributed by atoms with E-state index in [4.69, 9.17) is 5.73 Å². The third-order valence-corrected chi connectivity index (χ3v) is 4.92. The van der Waals surface area contributed by atoms with E-state index in [1.807, 2.05) is 30.3 Å². The molecule has 8 heteroatoms. The lowest BCUT2D eigenvalue weighted by Crippen LogP contribution is -2.23. The Balaban J connectivity index is 1.63. The first-order valence-corrected chi connectivity index (χ1v) is 9.94. The SMILES string of the molecule is CCCCNc1nc(N)nc2ccn(Cc3ccc(C4=NCCN4)cc3)c(=O)c12. The summed E-state index contributed by atoms with van der Waals surface area (Å²) in [5.74, 6) is 1.59. The number of benzene rings is 1. The van der Waals surface area contributed by atoms with Crippen molar-refractivity contribution < 1.29 is 0 Å². The molecule has 0 spiro atoms. The smallest absolute Gasteiger partial charge is 0.264 e. The van der Waals surface area contributed by atoms with Gasteiger partial charge >= 0.3 is 0 Å². The van der Waals surface area contributed by atoms with Gasteiger partial charge in [-0.3, -0.25) is 9.79 Å². The Morgan fingerprint density at radius 1 is 1.21 bits per heavy atom. The van der Waals surface area contributed by atoms with Crippen LogP contribution in [-0.2, 0) is 6.54 Å². The topological polar surface area (TPSA) is 110 Å². The molecule has 0 radical (unpaired) electrons. The molecule has 150 valence electrons. The fraction of sp³-hybridized carbons (Fsp3) is 0.333. The highest BCUT2D eigenvalue weighted by Gasteiger charge is 2.13. The van der Waals surface area contributed by atoms with Gasteiger partial charge in [0.1, 0.15) is 17.0 Å². The molecule has 0 unspecified atom stereocenters. The molecule has 8 nitrogen and oxygen atoms in total. The van der Waals surface area contributed by atoms with Crippen molar-refractivity contribution in [3.8, 4) is 0 Å². The van der Waals surface area contributed by atoms with Crippen LogP contribution < -0.4 is 21.9 Å². The van der Waals surface area contributed by atoms with E-state index in [0.717, 1.165) is 49.4 Å². The summed E-state index contributed by atoms with van der Waals surface area (Å²) in [6.45, 7) is 5.00. The number of nitrogens with zero attached hydrogens (tertiary/aromatic N) is 4. The average molecular weight is 391 g/mol. The zero-order valence-electron chi connectivity index (χ0n) is 16.5. The van der Waals surface area contributed by atoms with Crippen LogP contribution in [0.2, 0.25) is 0 Å². The minimum Gasteiger partial charge on any atom is -0.369 e. The molecule has 0 atom stereocenters. The average Bonchev–Trinajstić information content (AvgIpc) is 3.25. The third kappa shape index (κ3) is 4.06. The molecule has 4 N–H and O–H groups in total. The van der Waals surface area contributed by atoms with Crippen molar-refractivity contribution in [3.63, 3.8) is 0 Å². The molecule has 0 aliphatic carbocycles. The first-order valence-electron chi connectivity index (χ1n) is 9.94. The molecule has 0 amide bonds. The molecule has 3 aromatic rings. The quantitative estimate of drug-likeness (QED) is 0.531. The van der Waals surface area contributed by atoms with Crippen LogP contribution >= 0.6 is 0 Å². The Labute approximate surface area is 168 Å². The fourth-order valence-electron chi connectivity index (χ4n) is 3.39. The molecule has 1 aliphatic heterocycles. The Bertz CT molecular complexity index is 1100. The van der Waals surface area contributed by atoms with E-state index in [0.29, 0.717) is 23.3 Å². The predicted molar refractivity (Wildman–Crippen MR) is 117 cm³/mol. The van der Waals surface area contributed by atoms with Gasteiger partial charge in [-0.05, 0) is 18.1 Å². The number of pyridine rings is 1. The Morgan fingerprint density at radius 3 is 2.76 bits per heavy atom. The summed E-state index contributed by atoms with van der Waals surface area (Å²) in [5.41, 5.74) is 8.33. The number of anilines is 2. The molecule has 1 aliphatic rings. The van der Waals surface area contributed by atoms with Crippen molar-refractivity contribution in [2.45, 2.75) is 26.3 Å². The van der Waals surface area contributed by atoms with Crippen LogP contribution in [-0.4, -0.2) is 40.0 Å². The van der Waals surface area contributed by atoms with Gasteiger partial charge in [-0.1, -0.05) is 37.6 Å². The van der Waals surface area contributed by atoms with E-state index < -0.39 is 0 Å². The van der Waals surface area contributed by atoms with Crippen molar-refractivity contribution in [2.75, 3.05) is 30.7 Å². The fourth-order valence-corrected chi connectivity index (χ4v) is 3.39. The van der Waals surface area contributed by atoms with Crippen LogP contribution in [0.15, 0.2) is 46.3 Å². The van der Waals surface area contributed by atoms with E-state index in [-0.39, 0.29) is 11.5 Å². The number of unbranched alkanes of at least 4 members (excludes halogenated alkanes) is 1. The summed E-state index contributed by atoms with van der Waals surface area (Å²) >= 11 is 0. The number of hydrogen-bond donors (Lipinski definition) is 3. The van der Waals surface area contributed by atoms with E-state index in [2.05, 4.69) is 32.5 Å². The van der Waals surface area contributed by atoms with Crippen molar-refractivity contribution in [2.24, 2.45) is 4.99 Å². The lowest BCUT2D eigenvalue weighted by atomic mass is 10.1. The van der Waals surface area contributed by atoms with Gasteiger partial charge in [0.05, 0.1) is 18.6 Å². The summed E-state index contributed by atoms with van der Waals surface area (Å²) in [6.07, 6.45) is 3.79. The summed E-state index contributed by atoms with van der Waals surface area (Å²) < 4.78 is 1.67. The van der Waals surface area contributed by atoms with Crippen LogP contribution in [0.5, 0.6) is 0 Å². The predicted octanol–water partition coefficient (Wildman–Crippen LogP) is 1.98. The van der Waals surface area contributed by atoms with Crippen molar-refractivity contribution >= 4 is 28.5 Å². The van der Waals surface area contributed by atoms with Crippen LogP contribution in [0.1, 0.15) is 30.9 Å². The molecule has 1 aromatic carbocycles. The van der Waals surface area contributed by atoms with Gasteiger partial charge in [-0.15, -0.1) is 0 Å². The van der Waals surface area contributed by atoms with Crippen molar-refractivity contribution in [1.29, 1.82) is 0 Å². The lowest BCUT2D eigenvalue weighted by Gasteiger charge is -2.12. The highest BCUT2D eigenvalue weighted by atomic mass is 16.1. The number of nitrogens with two attached hydrogens (primary N) is 1. The van der Waals surface area contributed by atoms with Gasteiger partial charge in [0, 0.05) is 24.8 Å². The van der Waals surface area contributed by atoms with E-state index in [9.17, 15) is 4.79 Å². The maximum atomic E-state index is 13.1. The highest BCUT2D eigenvalue weighted by Crippen LogP contribution is 2.18. The zero-order chi connectivity index (χ0) is 20.2. The maximum absolute atomic E-state index is 13.1. The van der Waals surface area contributed by atoms with Gasteiger partial charge in [-0.25, -0.2) is 4.98 Å². The van der Waals surface area contributed by atoms with Crippen molar-refractivity contribution in [1.82, 2.24) is 19.9 Å². The van der Waals surface area contributed by atoms with E-state index >= 15 is 0 Å². The Hall–Kier alpha value is -3.42. The highest BCUT2D eigenvalue weighted by molar-refractivity contribution is 5.99. The number of rotatable bonds is 7. The first kappa shape index (κ1) is 18.9.